The van der Waals surface area contributed by atoms with Crippen molar-refractivity contribution in [2.24, 2.45) is 5.84 Å². The van der Waals surface area contributed by atoms with E-state index >= 15 is 0 Å². The van der Waals surface area contributed by atoms with Gasteiger partial charge in [0.1, 0.15) is 0 Å². The van der Waals surface area contributed by atoms with E-state index in [0.29, 0.717) is 18.8 Å². The molecule has 0 unspecified atom stereocenters. The van der Waals surface area contributed by atoms with Crippen LogP contribution in [0.15, 0.2) is 41.1 Å². The molecule has 0 spiro atoms. The molecule has 100 valence electrons. The van der Waals surface area contributed by atoms with Gasteiger partial charge in [-0.25, -0.2) is 5.84 Å². The van der Waals surface area contributed by atoms with E-state index in [1.807, 2.05) is 23.6 Å². The summed E-state index contributed by atoms with van der Waals surface area (Å²) in [5, 5.41) is 0. The molecule has 2 aromatic rings. The number of hydrogen-bond donors (Lipinski definition) is 2. The van der Waals surface area contributed by atoms with Crippen molar-refractivity contribution in [3.8, 4) is 0 Å². The number of nitrogens with zero attached hydrogens (tertiary/aromatic N) is 1. The maximum atomic E-state index is 11.4. The maximum absolute atomic E-state index is 11.4. The zero-order valence-corrected chi connectivity index (χ0v) is 10.3. The molecule has 0 aromatic carbocycles. The van der Waals surface area contributed by atoms with Crippen molar-refractivity contribution in [1.29, 1.82) is 0 Å². The van der Waals surface area contributed by atoms with E-state index in [0.717, 1.165) is 12.1 Å². The van der Waals surface area contributed by atoms with Crippen LogP contribution in [0.4, 0.5) is 0 Å². The predicted octanol–water partition coefficient (Wildman–Crippen LogP) is 1.04. The van der Waals surface area contributed by atoms with E-state index in [1.165, 1.54) is 6.26 Å². The monoisotopic (exact) mass is 261 g/mol. The van der Waals surface area contributed by atoms with Crippen molar-refractivity contribution in [2.45, 2.75) is 13.0 Å². The molecule has 3 N–H and O–H groups in total. The molecule has 0 aliphatic rings. The van der Waals surface area contributed by atoms with Gasteiger partial charge in [0, 0.05) is 23.9 Å². The molecule has 0 radical (unpaired) electrons. The van der Waals surface area contributed by atoms with Gasteiger partial charge in [0.15, 0.2) is 5.76 Å². The molecule has 0 bridgehead atoms. The SMILES string of the molecule is NNC(=O)c1occc1COCCc1ccccn1. The highest BCUT2D eigenvalue weighted by Crippen LogP contribution is 2.11. The second-order valence-electron chi connectivity index (χ2n) is 3.87. The Labute approximate surface area is 110 Å². The van der Waals surface area contributed by atoms with Crippen LogP contribution in [0.2, 0.25) is 0 Å². The van der Waals surface area contributed by atoms with Crippen LogP contribution in [-0.2, 0) is 17.8 Å². The number of hydrazine groups is 1. The van der Waals surface area contributed by atoms with Crippen LogP contribution in [0.25, 0.3) is 0 Å². The first-order valence-corrected chi connectivity index (χ1v) is 5.86. The Balaban J connectivity index is 1.80. The summed E-state index contributed by atoms with van der Waals surface area (Å²) in [6, 6.07) is 7.43. The molecule has 0 aliphatic carbocycles. The molecule has 2 heterocycles. The lowest BCUT2D eigenvalue weighted by atomic mass is 10.2. The second-order valence-corrected chi connectivity index (χ2v) is 3.87. The first kappa shape index (κ1) is 13.3. The van der Waals surface area contributed by atoms with Gasteiger partial charge in [-0.05, 0) is 18.2 Å². The van der Waals surface area contributed by atoms with Crippen LogP contribution in [0.3, 0.4) is 0 Å². The fourth-order valence-corrected chi connectivity index (χ4v) is 1.62. The van der Waals surface area contributed by atoms with Crippen molar-refractivity contribution in [3.05, 3.63) is 53.7 Å². The molecule has 2 rings (SSSR count). The molecule has 1 amide bonds. The van der Waals surface area contributed by atoms with E-state index in [1.54, 1.807) is 12.3 Å². The van der Waals surface area contributed by atoms with Gasteiger partial charge in [0.2, 0.25) is 0 Å². The van der Waals surface area contributed by atoms with Crippen LogP contribution in [0.5, 0.6) is 0 Å². The first-order valence-electron chi connectivity index (χ1n) is 5.86. The molecular formula is C13H15N3O3. The minimum atomic E-state index is -0.465. The third-order valence-corrected chi connectivity index (χ3v) is 2.57. The van der Waals surface area contributed by atoms with Crippen molar-refractivity contribution >= 4 is 5.91 Å². The number of furan rings is 1. The number of hydrogen-bond acceptors (Lipinski definition) is 5. The minimum Gasteiger partial charge on any atom is -0.459 e. The highest BCUT2D eigenvalue weighted by Gasteiger charge is 2.13. The zero-order valence-electron chi connectivity index (χ0n) is 10.3. The number of carbonyl (C=O) groups excluding carboxylic acids is 1. The van der Waals surface area contributed by atoms with Crippen LogP contribution in [0.1, 0.15) is 21.8 Å². The Morgan fingerprint density at radius 2 is 2.32 bits per heavy atom. The lowest BCUT2D eigenvalue weighted by Gasteiger charge is -2.04. The Morgan fingerprint density at radius 1 is 1.42 bits per heavy atom. The summed E-state index contributed by atoms with van der Waals surface area (Å²) in [5.74, 6) is 4.77. The van der Waals surface area contributed by atoms with Gasteiger partial charge in [-0.3, -0.25) is 15.2 Å². The van der Waals surface area contributed by atoms with Gasteiger partial charge >= 0.3 is 5.91 Å². The molecule has 0 saturated heterocycles. The van der Waals surface area contributed by atoms with Gasteiger partial charge in [-0.1, -0.05) is 6.07 Å². The van der Waals surface area contributed by atoms with Crippen molar-refractivity contribution in [1.82, 2.24) is 10.4 Å². The zero-order chi connectivity index (χ0) is 13.5. The normalized spacial score (nSPS) is 10.4. The summed E-state index contributed by atoms with van der Waals surface area (Å²) in [7, 11) is 0. The fraction of sp³-hybridized carbons (Fsp3) is 0.231. The van der Waals surface area contributed by atoms with Gasteiger partial charge in [0.05, 0.1) is 19.5 Å². The van der Waals surface area contributed by atoms with Crippen molar-refractivity contribution < 1.29 is 13.9 Å². The predicted molar refractivity (Wildman–Crippen MR) is 68.0 cm³/mol. The summed E-state index contributed by atoms with van der Waals surface area (Å²) in [5.41, 5.74) is 3.66. The summed E-state index contributed by atoms with van der Waals surface area (Å²) >= 11 is 0. The van der Waals surface area contributed by atoms with Crippen LogP contribution >= 0.6 is 0 Å². The van der Waals surface area contributed by atoms with Gasteiger partial charge in [0.25, 0.3) is 0 Å². The molecule has 6 heteroatoms. The lowest BCUT2D eigenvalue weighted by Crippen LogP contribution is -2.30. The quantitative estimate of drug-likeness (QED) is 0.351. The average Bonchev–Trinajstić information content (AvgIpc) is 2.92. The molecule has 19 heavy (non-hydrogen) atoms. The molecule has 0 atom stereocenters. The van der Waals surface area contributed by atoms with E-state index in [9.17, 15) is 4.79 Å². The largest absolute Gasteiger partial charge is 0.459 e. The number of nitrogen functional groups attached to an aromatic ring is 1. The van der Waals surface area contributed by atoms with Gasteiger partial charge in [-0.2, -0.15) is 0 Å². The third kappa shape index (κ3) is 3.64. The fourth-order valence-electron chi connectivity index (χ4n) is 1.62. The van der Waals surface area contributed by atoms with E-state index < -0.39 is 5.91 Å². The van der Waals surface area contributed by atoms with Crippen LogP contribution in [-0.4, -0.2) is 17.5 Å². The van der Waals surface area contributed by atoms with E-state index in [2.05, 4.69) is 4.98 Å². The number of amides is 1. The third-order valence-electron chi connectivity index (χ3n) is 2.57. The van der Waals surface area contributed by atoms with Gasteiger partial charge < -0.3 is 9.15 Å². The number of nitrogens with one attached hydrogen (secondary N) is 1. The van der Waals surface area contributed by atoms with Crippen molar-refractivity contribution in [2.75, 3.05) is 6.61 Å². The molecular weight excluding hydrogens is 246 g/mol. The standard InChI is InChI=1S/C13H15N3O3/c14-16-13(17)12-10(4-8-19-12)9-18-7-5-11-3-1-2-6-15-11/h1-4,6,8H,5,7,9,14H2,(H,16,17). The topological polar surface area (TPSA) is 90.4 Å². The molecule has 6 nitrogen and oxygen atoms in total. The number of pyridine rings is 1. The first-order chi connectivity index (χ1) is 9.31. The average molecular weight is 261 g/mol. The molecule has 0 fully saturated rings. The summed E-state index contributed by atoms with van der Waals surface area (Å²) in [4.78, 5) is 15.5. The Morgan fingerprint density at radius 3 is 3.05 bits per heavy atom. The Bertz CT molecular complexity index is 525. The minimum absolute atomic E-state index is 0.181. The summed E-state index contributed by atoms with van der Waals surface area (Å²) in [6.45, 7) is 0.817. The maximum Gasteiger partial charge on any atom is 0.301 e. The highest BCUT2D eigenvalue weighted by atomic mass is 16.5. The number of carbonyl (C=O) groups is 1. The number of rotatable bonds is 6. The van der Waals surface area contributed by atoms with Crippen molar-refractivity contribution in [3.63, 3.8) is 0 Å². The second kappa shape index (κ2) is 6.67. The molecule has 0 aliphatic heterocycles. The summed E-state index contributed by atoms with van der Waals surface area (Å²) in [6.07, 6.45) is 3.90. The van der Waals surface area contributed by atoms with Crippen LogP contribution < -0.4 is 11.3 Å². The molecule has 2 aromatic heterocycles. The smallest absolute Gasteiger partial charge is 0.301 e. The van der Waals surface area contributed by atoms with Gasteiger partial charge in [-0.15, -0.1) is 0 Å². The number of nitrogens with two attached hydrogens (primary N) is 1. The number of aromatic nitrogens is 1. The Kier molecular flexibility index (Phi) is 4.66. The lowest BCUT2D eigenvalue weighted by molar-refractivity contribution is 0.0909. The highest BCUT2D eigenvalue weighted by molar-refractivity contribution is 5.92. The molecule has 0 saturated carbocycles. The van der Waals surface area contributed by atoms with E-state index in [-0.39, 0.29) is 5.76 Å². The summed E-state index contributed by atoms with van der Waals surface area (Å²) < 4.78 is 10.5. The number of ether oxygens (including phenoxy) is 1. The Hall–Kier alpha value is -2.18. The van der Waals surface area contributed by atoms with Crippen LogP contribution in [0, 0.1) is 0 Å². The van der Waals surface area contributed by atoms with E-state index in [4.69, 9.17) is 15.0 Å².